The molecule has 1 saturated carbocycles. The number of cyclic esters (lactones) is 1. The van der Waals surface area contributed by atoms with Crippen LogP contribution in [0.5, 0.6) is 0 Å². The van der Waals surface area contributed by atoms with Gasteiger partial charge in [-0.05, 0) is 81.0 Å². The zero-order valence-electron chi connectivity index (χ0n) is 24.1. The Kier molecular flexibility index (Phi) is 12.3. The zero-order chi connectivity index (χ0) is 27.7. The van der Waals surface area contributed by atoms with Crippen molar-refractivity contribution in [1.82, 2.24) is 0 Å². The number of fused-ring (bicyclic) bond motifs is 2. The van der Waals surface area contributed by atoms with Crippen LogP contribution in [0.4, 0.5) is 0 Å². The van der Waals surface area contributed by atoms with Gasteiger partial charge in [0.2, 0.25) is 0 Å². The van der Waals surface area contributed by atoms with Crippen LogP contribution in [0, 0.1) is 29.6 Å². The van der Waals surface area contributed by atoms with Crippen LogP contribution in [0.1, 0.15) is 91.9 Å². The summed E-state index contributed by atoms with van der Waals surface area (Å²) in [4.78, 5) is 12.8. The first kappa shape index (κ1) is 30.8. The van der Waals surface area contributed by atoms with E-state index in [0.717, 1.165) is 37.7 Å². The van der Waals surface area contributed by atoms with E-state index >= 15 is 0 Å². The summed E-state index contributed by atoms with van der Waals surface area (Å²) >= 11 is 0. The molecule has 0 aromatic carbocycles. The number of hydrogen-bond donors (Lipinski definition) is 2. The van der Waals surface area contributed by atoms with Crippen molar-refractivity contribution < 1.29 is 24.5 Å². The lowest BCUT2D eigenvalue weighted by atomic mass is 9.81. The van der Waals surface area contributed by atoms with Crippen molar-refractivity contribution in [1.29, 1.82) is 0 Å². The number of hydrogen-bond acceptors (Lipinski definition) is 5. The van der Waals surface area contributed by atoms with Gasteiger partial charge in [0.15, 0.2) is 0 Å². The van der Waals surface area contributed by atoms with Crippen molar-refractivity contribution in [3.8, 4) is 0 Å². The fraction of sp³-hybridized carbons (Fsp3) is 0.727. The second-order valence-corrected chi connectivity index (χ2v) is 12.6. The number of aliphatic hydroxyl groups is 2. The highest BCUT2D eigenvalue weighted by molar-refractivity contribution is 5.82. The molecular formula is C33H52O5. The molecule has 2 bridgehead atoms. The topological polar surface area (TPSA) is 76.0 Å². The van der Waals surface area contributed by atoms with E-state index in [4.69, 9.17) is 9.47 Å². The molecule has 0 amide bonds. The molecule has 1 fully saturated rings. The first-order chi connectivity index (χ1) is 18.1. The predicted molar refractivity (Wildman–Crippen MR) is 153 cm³/mol. The van der Waals surface area contributed by atoms with E-state index in [-0.39, 0.29) is 24.0 Å². The molecule has 1 aliphatic carbocycles. The van der Waals surface area contributed by atoms with Crippen LogP contribution >= 0.6 is 0 Å². The monoisotopic (exact) mass is 528 g/mol. The number of rotatable bonds is 3. The minimum absolute atomic E-state index is 0.0272. The molecule has 0 radical (unpaired) electrons. The smallest absolute Gasteiger partial charge is 0.330 e. The summed E-state index contributed by atoms with van der Waals surface area (Å²) in [6.45, 7) is 12.9. The summed E-state index contributed by atoms with van der Waals surface area (Å²) in [5.74, 6) is 1.15. The molecule has 0 aromatic heterocycles. The van der Waals surface area contributed by atoms with Crippen LogP contribution in [-0.4, -0.2) is 46.7 Å². The zero-order valence-corrected chi connectivity index (χ0v) is 24.1. The Morgan fingerprint density at radius 1 is 1.03 bits per heavy atom. The normalized spacial score (nSPS) is 40.2. The van der Waals surface area contributed by atoms with Crippen LogP contribution in [0.3, 0.4) is 0 Å². The van der Waals surface area contributed by atoms with E-state index in [1.807, 2.05) is 19.1 Å². The highest BCUT2D eigenvalue weighted by atomic mass is 16.6. The van der Waals surface area contributed by atoms with Gasteiger partial charge in [-0.25, -0.2) is 4.79 Å². The average molecular weight is 529 g/mol. The summed E-state index contributed by atoms with van der Waals surface area (Å²) in [6, 6.07) is 0. The van der Waals surface area contributed by atoms with Crippen LogP contribution in [0.25, 0.3) is 0 Å². The maximum atomic E-state index is 12.8. The van der Waals surface area contributed by atoms with Gasteiger partial charge in [-0.1, -0.05) is 83.1 Å². The van der Waals surface area contributed by atoms with E-state index in [9.17, 15) is 15.0 Å². The first-order valence-corrected chi connectivity index (χ1v) is 15.0. The molecule has 5 heteroatoms. The molecule has 10 atom stereocenters. The molecule has 2 aliphatic heterocycles. The number of aliphatic hydroxyl groups excluding tert-OH is 2. The lowest BCUT2D eigenvalue weighted by Gasteiger charge is -2.31. The maximum absolute atomic E-state index is 12.8. The van der Waals surface area contributed by atoms with E-state index in [1.54, 1.807) is 0 Å². The van der Waals surface area contributed by atoms with Gasteiger partial charge in [-0.2, -0.15) is 0 Å². The van der Waals surface area contributed by atoms with Gasteiger partial charge in [-0.3, -0.25) is 0 Å². The number of carbonyl (C=O) groups is 1. The van der Waals surface area contributed by atoms with Crippen molar-refractivity contribution in [3.63, 3.8) is 0 Å². The van der Waals surface area contributed by atoms with Crippen LogP contribution in [0.15, 0.2) is 48.6 Å². The quantitative estimate of drug-likeness (QED) is 0.315. The van der Waals surface area contributed by atoms with Gasteiger partial charge in [0.25, 0.3) is 0 Å². The number of allylic oxidation sites excluding steroid dienone is 1. The lowest BCUT2D eigenvalue weighted by molar-refractivity contribution is -0.148. The molecule has 8 unspecified atom stereocenters. The Labute approximate surface area is 231 Å². The van der Waals surface area contributed by atoms with Crippen molar-refractivity contribution in [3.05, 3.63) is 48.6 Å². The Morgan fingerprint density at radius 2 is 1.82 bits per heavy atom. The molecule has 2 N–H and O–H groups in total. The molecule has 3 rings (SSSR count). The summed E-state index contributed by atoms with van der Waals surface area (Å²) in [6.07, 6.45) is 18.6. The van der Waals surface area contributed by atoms with E-state index in [0.29, 0.717) is 37.0 Å². The molecule has 0 saturated heterocycles. The Hall–Kier alpha value is -1.69. The lowest BCUT2D eigenvalue weighted by Crippen LogP contribution is -2.35. The molecule has 3 aliphatic rings. The molecule has 5 nitrogen and oxygen atoms in total. The minimum atomic E-state index is -0.886. The van der Waals surface area contributed by atoms with E-state index in [2.05, 4.69) is 45.6 Å². The van der Waals surface area contributed by atoms with Gasteiger partial charge in [0, 0.05) is 6.08 Å². The van der Waals surface area contributed by atoms with Crippen molar-refractivity contribution in [2.24, 2.45) is 29.6 Å². The second kappa shape index (κ2) is 15.2. The first-order valence-electron chi connectivity index (χ1n) is 15.0. The molecule has 2 heterocycles. The average Bonchev–Trinajstić information content (AvgIpc) is 2.85. The largest absolute Gasteiger partial charge is 0.456 e. The van der Waals surface area contributed by atoms with Crippen LogP contribution in [0.2, 0.25) is 0 Å². The minimum Gasteiger partial charge on any atom is -0.456 e. The highest BCUT2D eigenvalue weighted by Crippen LogP contribution is 2.31. The van der Waals surface area contributed by atoms with Gasteiger partial charge in [0.1, 0.15) is 12.2 Å². The van der Waals surface area contributed by atoms with Gasteiger partial charge in [-0.15, -0.1) is 0 Å². The molecule has 214 valence electrons. The third-order valence-corrected chi connectivity index (χ3v) is 8.85. The van der Waals surface area contributed by atoms with Crippen molar-refractivity contribution in [2.45, 2.75) is 122 Å². The number of esters is 1. The highest BCUT2D eigenvalue weighted by Gasteiger charge is 2.30. The second-order valence-electron chi connectivity index (χ2n) is 12.6. The van der Waals surface area contributed by atoms with Gasteiger partial charge in [0.05, 0.1) is 18.3 Å². The third kappa shape index (κ3) is 10.1. The standard InChI is InChI=1S/C33H52O5/c1-22-9-6-10-27(18-22)15-16-30(34)32-21-25(4)26(5)31(35)20-24(3)17-23(2)19-29-13-7-11-28(37-29)12-8-14-33(36)38-32/h7-8,11,14-16,22-23,25-32,34-35H,3,6,9-10,12-13,17-21H2,1-2,4-5H3/b14-8-,16-15+/t22?,23?,25-,26?,27?,28?,29?,30?,31-,32?/m0/s1. The van der Waals surface area contributed by atoms with Crippen molar-refractivity contribution in [2.75, 3.05) is 0 Å². The fourth-order valence-electron chi connectivity index (χ4n) is 6.36. The molecule has 38 heavy (non-hydrogen) atoms. The number of ether oxygens (including phenoxy) is 2. The fourth-order valence-corrected chi connectivity index (χ4v) is 6.36. The Morgan fingerprint density at radius 3 is 2.58 bits per heavy atom. The summed E-state index contributed by atoms with van der Waals surface area (Å²) in [7, 11) is 0. The summed E-state index contributed by atoms with van der Waals surface area (Å²) in [5, 5.41) is 22.1. The molecule has 0 aromatic rings. The number of carbonyl (C=O) groups excluding carboxylic acids is 1. The van der Waals surface area contributed by atoms with E-state index in [1.165, 1.54) is 18.9 Å². The summed E-state index contributed by atoms with van der Waals surface area (Å²) < 4.78 is 12.1. The Bertz CT molecular complexity index is 844. The third-order valence-electron chi connectivity index (χ3n) is 8.85. The van der Waals surface area contributed by atoms with Crippen LogP contribution < -0.4 is 0 Å². The van der Waals surface area contributed by atoms with Crippen molar-refractivity contribution >= 4 is 5.97 Å². The molecular weight excluding hydrogens is 476 g/mol. The Balaban J connectivity index is 1.74. The SMILES string of the molecule is C=C1CC(C)CC2CC=CC(C/C=C\C(=O)OC(C(O)/C=C/C3CCCC(C)C3)C[C@H](C)C(C)[C@@H](O)C1)O2. The van der Waals surface area contributed by atoms with Gasteiger partial charge >= 0.3 is 5.97 Å². The van der Waals surface area contributed by atoms with E-state index < -0.39 is 24.3 Å². The predicted octanol–water partition coefficient (Wildman–Crippen LogP) is 6.70. The maximum Gasteiger partial charge on any atom is 0.330 e. The van der Waals surface area contributed by atoms with Crippen LogP contribution in [-0.2, 0) is 14.3 Å². The summed E-state index contributed by atoms with van der Waals surface area (Å²) in [5.41, 5.74) is 1.06. The molecule has 0 spiro atoms. The van der Waals surface area contributed by atoms with Gasteiger partial charge < -0.3 is 19.7 Å².